The van der Waals surface area contributed by atoms with E-state index in [1.54, 1.807) is 0 Å². The summed E-state index contributed by atoms with van der Waals surface area (Å²) in [4.78, 5) is 0. The fraction of sp³-hybridized carbons (Fsp3) is 0.100. The molecule has 0 fully saturated rings. The largest absolute Gasteiger partial charge is 0.267 e. The number of nitrogens with one attached hydrogen (secondary N) is 1. The lowest BCUT2D eigenvalue weighted by Gasteiger charge is -2.00. The van der Waals surface area contributed by atoms with Gasteiger partial charge < -0.3 is 0 Å². The molecule has 0 bridgehead atoms. The van der Waals surface area contributed by atoms with Crippen molar-refractivity contribution in [3.05, 3.63) is 34.6 Å². The topological polar surface area (TPSA) is 52.5 Å². The summed E-state index contributed by atoms with van der Waals surface area (Å²) in [5, 5.41) is 17.3. The van der Waals surface area contributed by atoms with Gasteiger partial charge in [0, 0.05) is 10.8 Å². The Morgan fingerprint density at radius 1 is 1.36 bits per heavy atom. The van der Waals surface area contributed by atoms with E-state index in [0.717, 1.165) is 16.5 Å². The Bertz CT molecular complexity index is 565. The zero-order valence-electron chi connectivity index (χ0n) is 7.32. The molecular formula is C10H7N3S. The predicted octanol–water partition coefficient (Wildman–Crippen LogP) is 2.36. The SMILES string of the molecule is N#CCc1n[nH]c(=S)c2ccccc12. The van der Waals surface area contributed by atoms with E-state index in [1.807, 2.05) is 24.3 Å². The van der Waals surface area contributed by atoms with Crippen LogP contribution in [0.25, 0.3) is 10.8 Å². The molecule has 68 valence electrons. The number of H-pyrrole nitrogens is 1. The number of aromatic amines is 1. The van der Waals surface area contributed by atoms with Crippen LogP contribution in [0.3, 0.4) is 0 Å². The molecule has 1 aromatic carbocycles. The summed E-state index contributed by atoms with van der Waals surface area (Å²) in [5.74, 6) is 0. The fourth-order valence-corrected chi connectivity index (χ4v) is 1.60. The van der Waals surface area contributed by atoms with Crippen molar-refractivity contribution in [2.24, 2.45) is 0 Å². The van der Waals surface area contributed by atoms with Crippen LogP contribution in [0, 0.1) is 16.0 Å². The summed E-state index contributed by atoms with van der Waals surface area (Å²) in [6, 6.07) is 9.77. The average molecular weight is 201 g/mol. The summed E-state index contributed by atoms with van der Waals surface area (Å²) in [6.45, 7) is 0. The van der Waals surface area contributed by atoms with Crippen LogP contribution in [-0.4, -0.2) is 10.2 Å². The van der Waals surface area contributed by atoms with Crippen molar-refractivity contribution in [3.8, 4) is 6.07 Å². The minimum Gasteiger partial charge on any atom is -0.267 e. The number of hydrogen-bond acceptors (Lipinski definition) is 3. The number of aromatic nitrogens is 2. The molecule has 0 radical (unpaired) electrons. The predicted molar refractivity (Wildman–Crippen MR) is 56.2 cm³/mol. The van der Waals surface area contributed by atoms with Gasteiger partial charge in [-0.1, -0.05) is 36.5 Å². The molecule has 0 amide bonds. The molecule has 3 nitrogen and oxygen atoms in total. The summed E-state index contributed by atoms with van der Waals surface area (Å²) in [6.07, 6.45) is 0.298. The second-order valence-corrected chi connectivity index (χ2v) is 3.29. The number of hydrogen-bond donors (Lipinski definition) is 1. The first-order valence-electron chi connectivity index (χ1n) is 4.16. The standard InChI is InChI=1S/C10H7N3S/c11-6-5-9-7-3-1-2-4-8(7)10(14)13-12-9/h1-4H,5H2,(H,13,14). The van der Waals surface area contributed by atoms with E-state index >= 15 is 0 Å². The van der Waals surface area contributed by atoms with Gasteiger partial charge in [0.05, 0.1) is 18.2 Å². The zero-order chi connectivity index (χ0) is 9.97. The first kappa shape index (κ1) is 8.85. The third kappa shape index (κ3) is 1.38. The van der Waals surface area contributed by atoms with Gasteiger partial charge in [0.25, 0.3) is 0 Å². The molecule has 4 heteroatoms. The van der Waals surface area contributed by atoms with Crippen molar-refractivity contribution >= 4 is 23.0 Å². The highest BCUT2D eigenvalue weighted by molar-refractivity contribution is 7.71. The maximum absolute atomic E-state index is 8.62. The van der Waals surface area contributed by atoms with Crippen LogP contribution in [0.4, 0.5) is 0 Å². The van der Waals surface area contributed by atoms with Crippen molar-refractivity contribution in [2.75, 3.05) is 0 Å². The van der Waals surface area contributed by atoms with Crippen LogP contribution >= 0.6 is 12.2 Å². The number of rotatable bonds is 1. The molecule has 0 aliphatic rings. The average Bonchev–Trinajstić information content (AvgIpc) is 2.23. The molecule has 0 atom stereocenters. The smallest absolute Gasteiger partial charge is 0.127 e. The van der Waals surface area contributed by atoms with Crippen molar-refractivity contribution in [2.45, 2.75) is 6.42 Å². The van der Waals surface area contributed by atoms with Gasteiger partial charge in [-0.2, -0.15) is 10.4 Å². The molecule has 0 unspecified atom stereocenters. The van der Waals surface area contributed by atoms with E-state index in [0.29, 0.717) is 11.1 Å². The van der Waals surface area contributed by atoms with E-state index < -0.39 is 0 Å². The second-order valence-electron chi connectivity index (χ2n) is 2.88. The lowest BCUT2D eigenvalue weighted by molar-refractivity contribution is 0.964. The van der Waals surface area contributed by atoms with Gasteiger partial charge in [0.1, 0.15) is 4.64 Å². The van der Waals surface area contributed by atoms with Gasteiger partial charge in [-0.15, -0.1) is 0 Å². The van der Waals surface area contributed by atoms with E-state index in [1.165, 1.54) is 0 Å². The molecule has 14 heavy (non-hydrogen) atoms. The Kier molecular flexibility index (Phi) is 2.25. The van der Waals surface area contributed by atoms with E-state index in [4.69, 9.17) is 17.5 Å². The van der Waals surface area contributed by atoms with E-state index in [9.17, 15) is 0 Å². The minimum absolute atomic E-state index is 0.298. The van der Waals surface area contributed by atoms with Crippen molar-refractivity contribution in [3.63, 3.8) is 0 Å². The summed E-state index contributed by atoms with van der Waals surface area (Å²) in [5.41, 5.74) is 0.747. The molecule has 0 aliphatic carbocycles. The van der Waals surface area contributed by atoms with Gasteiger partial charge in [-0.25, -0.2) is 0 Å². The van der Waals surface area contributed by atoms with Crippen LogP contribution in [0.1, 0.15) is 5.69 Å². The zero-order valence-corrected chi connectivity index (χ0v) is 8.14. The molecule has 1 aromatic heterocycles. The van der Waals surface area contributed by atoms with Gasteiger partial charge in [0.2, 0.25) is 0 Å². The van der Waals surface area contributed by atoms with Crippen molar-refractivity contribution in [1.82, 2.24) is 10.2 Å². The van der Waals surface area contributed by atoms with Gasteiger partial charge >= 0.3 is 0 Å². The lowest BCUT2D eigenvalue weighted by Crippen LogP contribution is -1.94. The van der Waals surface area contributed by atoms with Gasteiger partial charge in [-0.3, -0.25) is 5.10 Å². The Labute approximate surface area is 86.0 Å². The molecule has 1 heterocycles. The number of nitriles is 1. The third-order valence-electron chi connectivity index (χ3n) is 2.02. The highest BCUT2D eigenvalue weighted by Crippen LogP contribution is 2.16. The Morgan fingerprint density at radius 3 is 2.79 bits per heavy atom. The first-order chi connectivity index (χ1) is 6.83. The number of nitrogens with zero attached hydrogens (tertiary/aromatic N) is 2. The van der Waals surface area contributed by atoms with Crippen LogP contribution < -0.4 is 0 Å². The third-order valence-corrected chi connectivity index (χ3v) is 2.33. The summed E-state index contributed by atoms with van der Waals surface area (Å²) < 4.78 is 0.613. The summed E-state index contributed by atoms with van der Waals surface area (Å²) in [7, 11) is 0. The van der Waals surface area contributed by atoms with Crippen LogP contribution in [0.2, 0.25) is 0 Å². The molecule has 0 aliphatic heterocycles. The normalized spacial score (nSPS) is 9.93. The Hall–Kier alpha value is -1.73. The fourth-order valence-electron chi connectivity index (χ4n) is 1.38. The molecule has 1 N–H and O–H groups in total. The van der Waals surface area contributed by atoms with Crippen LogP contribution in [0.5, 0.6) is 0 Å². The molecule has 0 saturated heterocycles. The maximum Gasteiger partial charge on any atom is 0.127 e. The lowest BCUT2D eigenvalue weighted by atomic mass is 10.1. The molecule has 0 spiro atoms. The molecule has 2 aromatic rings. The van der Waals surface area contributed by atoms with Gasteiger partial charge in [-0.05, 0) is 0 Å². The molecule has 0 saturated carbocycles. The Morgan fingerprint density at radius 2 is 2.07 bits per heavy atom. The quantitative estimate of drug-likeness (QED) is 0.720. The monoisotopic (exact) mass is 201 g/mol. The first-order valence-corrected chi connectivity index (χ1v) is 4.57. The number of fused-ring (bicyclic) bond motifs is 1. The van der Waals surface area contributed by atoms with E-state index in [2.05, 4.69) is 16.3 Å². The van der Waals surface area contributed by atoms with E-state index in [-0.39, 0.29) is 0 Å². The highest BCUT2D eigenvalue weighted by atomic mass is 32.1. The van der Waals surface area contributed by atoms with Crippen molar-refractivity contribution in [1.29, 1.82) is 5.26 Å². The Balaban J connectivity index is 2.83. The molecular weight excluding hydrogens is 194 g/mol. The molecule has 2 rings (SSSR count). The number of benzene rings is 1. The second kappa shape index (κ2) is 3.56. The van der Waals surface area contributed by atoms with Crippen molar-refractivity contribution < 1.29 is 0 Å². The van der Waals surface area contributed by atoms with Gasteiger partial charge in [0.15, 0.2) is 0 Å². The highest BCUT2D eigenvalue weighted by Gasteiger charge is 2.02. The minimum atomic E-state index is 0.298. The summed E-state index contributed by atoms with van der Waals surface area (Å²) >= 11 is 5.10. The van der Waals surface area contributed by atoms with Crippen LogP contribution in [-0.2, 0) is 6.42 Å². The maximum atomic E-state index is 8.62. The van der Waals surface area contributed by atoms with Crippen LogP contribution in [0.15, 0.2) is 24.3 Å².